The second kappa shape index (κ2) is 5.89. The minimum atomic E-state index is -4.49. The highest BCUT2D eigenvalue weighted by Crippen LogP contribution is 2.33. The molecular weight excluding hydrogens is 276 g/mol. The van der Waals surface area contributed by atoms with E-state index in [0.29, 0.717) is 5.56 Å². The fourth-order valence-corrected chi connectivity index (χ4v) is 2.31. The number of aryl methyl sites for hydroxylation is 1. The van der Waals surface area contributed by atoms with Gasteiger partial charge >= 0.3 is 5.97 Å². The molecule has 0 aliphatic heterocycles. The molecule has 1 rings (SSSR count). The van der Waals surface area contributed by atoms with Crippen LogP contribution in [0.1, 0.15) is 12.0 Å². The van der Waals surface area contributed by atoms with E-state index in [1.54, 1.807) is 0 Å². The van der Waals surface area contributed by atoms with Crippen molar-refractivity contribution in [1.82, 2.24) is 0 Å². The van der Waals surface area contributed by atoms with Gasteiger partial charge in [0, 0.05) is 12.5 Å². The minimum Gasteiger partial charge on any atom is -0.497 e. The molecule has 2 N–H and O–H groups in total. The molecule has 0 radical (unpaired) electrons. The molecule has 0 heterocycles. The summed E-state index contributed by atoms with van der Waals surface area (Å²) in [5.41, 5.74) is 0.330. The molecule has 0 unspecified atom stereocenters. The molecule has 0 aliphatic carbocycles. The first kappa shape index (κ1) is 15.3. The molecule has 0 aromatic heterocycles. The summed E-state index contributed by atoms with van der Waals surface area (Å²) >= 11 is 0. The largest absolute Gasteiger partial charge is 0.497 e. The van der Waals surface area contributed by atoms with Crippen molar-refractivity contribution in [2.75, 3.05) is 14.2 Å². The molecular formula is C11H14O7S. The quantitative estimate of drug-likeness (QED) is 0.751. The third-order valence-corrected chi connectivity index (χ3v) is 3.29. The molecule has 0 spiro atoms. The number of aliphatic carboxylic acids is 1. The number of methoxy groups -OCH3 is 2. The Morgan fingerprint density at radius 2 is 1.89 bits per heavy atom. The predicted molar refractivity (Wildman–Crippen MR) is 65.3 cm³/mol. The zero-order valence-electron chi connectivity index (χ0n) is 10.4. The summed E-state index contributed by atoms with van der Waals surface area (Å²) in [5, 5.41) is 8.65. The van der Waals surface area contributed by atoms with Gasteiger partial charge in [0.15, 0.2) is 0 Å². The number of carbonyl (C=O) groups is 1. The molecule has 19 heavy (non-hydrogen) atoms. The average Bonchev–Trinajstić information content (AvgIpc) is 2.33. The predicted octanol–water partition coefficient (Wildman–Crippen LogP) is 0.968. The highest BCUT2D eigenvalue weighted by Gasteiger charge is 2.21. The summed E-state index contributed by atoms with van der Waals surface area (Å²) in [7, 11) is -1.92. The van der Waals surface area contributed by atoms with Crippen LogP contribution in [0.4, 0.5) is 0 Å². The fourth-order valence-electron chi connectivity index (χ4n) is 1.60. The number of carboxylic acid groups (broad SMARTS) is 1. The van der Waals surface area contributed by atoms with Gasteiger partial charge in [-0.1, -0.05) is 0 Å². The Kier molecular flexibility index (Phi) is 4.73. The Morgan fingerprint density at radius 3 is 2.32 bits per heavy atom. The summed E-state index contributed by atoms with van der Waals surface area (Å²) in [6.07, 6.45) is -0.146. The Hall–Kier alpha value is -1.80. The first-order valence-electron chi connectivity index (χ1n) is 5.23. The van der Waals surface area contributed by atoms with Crippen LogP contribution >= 0.6 is 0 Å². The number of ether oxygens (including phenoxy) is 2. The maximum atomic E-state index is 11.3. The normalized spacial score (nSPS) is 11.1. The Balaban J connectivity index is 3.39. The summed E-state index contributed by atoms with van der Waals surface area (Å²) in [5.74, 6) is -0.920. The summed E-state index contributed by atoms with van der Waals surface area (Å²) in [6, 6.07) is 2.58. The van der Waals surface area contributed by atoms with Crippen LogP contribution in [0.2, 0.25) is 0 Å². The number of hydrogen-bond donors (Lipinski definition) is 2. The van der Waals surface area contributed by atoms with Gasteiger partial charge in [0.05, 0.1) is 14.2 Å². The van der Waals surface area contributed by atoms with E-state index in [9.17, 15) is 13.2 Å². The Labute approximate surface area is 110 Å². The third-order valence-electron chi connectivity index (χ3n) is 2.43. The van der Waals surface area contributed by atoms with E-state index in [0.717, 1.165) is 6.07 Å². The molecule has 0 amide bonds. The maximum absolute atomic E-state index is 11.3. The van der Waals surface area contributed by atoms with Gasteiger partial charge in [-0.25, -0.2) is 0 Å². The van der Waals surface area contributed by atoms with Gasteiger partial charge < -0.3 is 14.6 Å². The lowest BCUT2D eigenvalue weighted by molar-refractivity contribution is -0.136. The lowest BCUT2D eigenvalue weighted by atomic mass is 10.1. The van der Waals surface area contributed by atoms with Gasteiger partial charge in [0.1, 0.15) is 16.4 Å². The number of carboxylic acids is 1. The molecule has 1 aromatic rings. The van der Waals surface area contributed by atoms with Gasteiger partial charge in [0.25, 0.3) is 10.1 Å². The molecule has 0 saturated heterocycles. The van der Waals surface area contributed by atoms with E-state index >= 15 is 0 Å². The molecule has 0 fully saturated rings. The second-order valence-electron chi connectivity index (χ2n) is 3.69. The van der Waals surface area contributed by atoms with Crippen LogP contribution in [0.5, 0.6) is 11.5 Å². The molecule has 7 nitrogen and oxygen atoms in total. The molecule has 0 bridgehead atoms. The van der Waals surface area contributed by atoms with Crippen molar-refractivity contribution < 1.29 is 32.3 Å². The molecule has 0 aliphatic rings. The number of benzene rings is 1. The Bertz CT molecular complexity index is 577. The molecule has 0 atom stereocenters. The first-order chi connectivity index (χ1) is 8.79. The van der Waals surface area contributed by atoms with Crippen LogP contribution < -0.4 is 9.47 Å². The zero-order chi connectivity index (χ0) is 14.6. The summed E-state index contributed by atoms with van der Waals surface area (Å²) < 4.78 is 41.6. The summed E-state index contributed by atoms with van der Waals surface area (Å²) in [4.78, 5) is 10.1. The van der Waals surface area contributed by atoms with E-state index in [-0.39, 0.29) is 24.3 Å². The number of hydrogen-bond acceptors (Lipinski definition) is 5. The van der Waals surface area contributed by atoms with Gasteiger partial charge in [0.2, 0.25) is 0 Å². The standard InChI is InChI=1S/C11H14O7S/c1-17-8-5-7(3-4-10(12)13)11(18-2)9(6-8)19(14,15)16/h5-6H,3-4H2,1-2H3,(H,12,13)(H,14,15,16). The monoisotopic (exact) mass is 290 g/mol. The topological polar surface area (TPSA) is 110 Å². The van der Waals surface area contributed by atoms with Crippen molar-refractivity contribution in [2.45, 2.75) is 17.7 Å². The van der Waals surface area contributed by atoms with Crippen molar-refractivity contribution >= 4 is 16.1 Å². The molecule has 1 aromatic carbocycles. The van der Waals surface area contributed by atoms with Crippen molar-refractivity contribution in [3.05, 3.63) is 17.7 Å². The van der Waals surface area contributed by atoms with Gasteiger partial charge in [-0.05, 0) is 18.1 Å². The van der Waals surface area contributed by atoms with Crippen LogP contribution in [-0.2, 0) is 21.3 Å². The lowest BCUT2D eigenvalue weighted by Crippen LogP contribution is -2.06. The smallest absolute Gasteiger partial charge is 0.303 e. The second-order valence-corrected chi connectivity index (χ2v) is 5.08. The van der Waals surface area contributed by atoms with Crippen molar-refractivity contribution in [3.8, 4) is 11.5 Å². The van der Waals surface area contributed by atoms with Gasteiger partial charge in [-0.15, -0.1) is 0 Å². The average molecular weight is 290 g/mol. The number of rotatable bonds is 6. The van der Waals surface area contributed by atoms with Crippen LogP contribution in [0.25, 0.3) is 0 Å². The van der Waals surface area contributed by atoms with Crippen molar-refractivity contribution in [2.24, 2.45) is 0 Å². The van der Waals surface area contributed by atoms with Crippen LogP contribution in [0, 0.1) is 0 Å². The van der Waals surface area contributed by atoms with E-state index in [1.807, 2.05) is 0 Å². The SMILES string of the molecule is COc1cc(CCC(=O)O)c(OC)c(S(=O)(=O)O)c1. The first-order valence-corrected chi connectivity index (χ1v) is 6.67. The van der Waals surface area contributed by atoms with Gasteiger partial charge in [-0.3, -0.25) is 9.35 Å². The highest BCUT2D eigenvalue weighted by molar-refractivity contribution is 7.86. The van der Waals surface area contributed by atoms with Crippen molar-refractivity contribution in [3.63, 3.8) is 0 Å². The van der Waals surface area contributed by atoms with E-state index in [1.165, 1.54) is 20.3 Å². The zero-order valence-corrected chi connectivity index (χ0v) is 11.2. The van der Waals surface area contributed by atoms with E-state index < -0.39 is 21.0 Å². The van der Waals surface area contributed by atoms with Crippen LogP contribution in [0.3, 0.4) is 0 Å². The van der Waals surface area contributed by atoms with Gasteiger partial charge in [-0.2, -0.15) is 8.42 Å². The fraction of sp³-hybridized carbons (Fsp3) is 0.364. The molecule has 106 valence electrons. The van der Waals surface area contributed by atoms with E-state index in [2.05, 4.69) is 0 Å². The van der Waals surface area contributed by atoms with E-state index in [4.69, 9.17) is 19.1 Å². The Morgan fingerprint density at radius 1 is 1.26 bits per heavy atom. The van der Waals surface area contributed by atoms with Crippen LogP contribution in [0.15, 0.2) is 17.0 Å². The molecule has 8 heteroatoms. The lowest BCUT2D eigenvalue weighted by Gasteiger charge is -2.13. The third kappa shape index (κ3) is 3.83. The van der Waals surface area contributed by atoms with Crippen molar-refractivity contribution in [1.29, 1.82) is 0 Å². The molecule has 0 saturated carbocycles. The highest BCUT2D eigenvalue weighted by atomic mass is 32.2. The maximum Gasteiger partial charge on any atom is 0.303 e. The minimum absolute atomic E-state index is 0.0538. The summed E-state index contributed by atoms with van der Waals surface area (Å²) in [6.45, 7) is 0. The van der Waals surface area contributed by atoms with Crippen LogP contribution in [-0.4, -0.2) is 38.3 Å².